The third-order valence-electron chi connectivity index (χ3n) is 2.05. The molecule has 0 spiro atoms. The molecular formula is C10H9N3O3. The summed E-state index contributed by atoms with van der Waals surface area (Å²) in [4.78, 5) is 14.2. The first-order valence-corrected chi connectivity index (χ1v) is 4.67. The molecule has 0 N–H and O–H groups in total. The molecule has 1 heterocycles. The van der Waals surface area contributed by atoms with Crippen LogP contribution in [-0.2, 0) is 6.42 Å². The predicted octanol–water partition coefficient (Wildman–Crippen LogP) is 1.88. The molecule has 16 heavy (non-hydrogen) atoms. The number of nitro groups is 1. The van der Waals surface area contributed by atoms with E-state index >= 15 is 0 Å². The van der Waals surface area contributed by atoms with Gasteiger partial charge >= 0.3 is 0 Å². The largest absolute Gasteiger partial charge is 0.339 e. The normalized spacial score (nSPS) is 10.3. The highest BCUT2D eigenvalue weighted by molar-refractivity contribution is 5.35. The number of nitrogens with zero attached hydrogens (tertiary/aromatic N) is 3. The van der Waals surface area contributed by atoms with Crippen LogP contribution >= 0.6 is 0 Å². The maximum absolute atomic E-state index is 10.6. The van der Waals surface area contributed by atoms with Gasteiger partial charge in [-0.1, -0.05) is 17.3 Å². The molecule has 6 heteroatoms. The fourth-order valence-corrected chi connectivity index (χ4v) is 1.37. The van der Waals surface area contributed by atoms with E-state index < -0.39 is 4.92 Å². The van der Waals surface area contributed by atoms with Gasteiger partial charge in [0.05, 0.1) is 11.3 Å². The van der Waals surface area contributed by atoms with Crippen molar-refractivity contribution in [1.29, 1.82) is 0 Å². The Morgan fingerprint density at radius 3 is 2.94 bits per heavy atom. The van der Waals surface area contributed by atoms with Crippen LogP contribution in [0.2, 0.25) is 0 Å². The van der Waals surface area contributed by atoms with Crippen molar-refractivity contribution in [1.82, 2.24) is 10.1 Å². The lowest BCUT2D eigenvalue weighted by Crippen LogP contribution is -1.92. The van der Waals surface area contributed by atoms with E-state index in [2.05, 4.69) is 10.1 Å². The van der Waals surface area contributed by atoms with E-state index in [1.807, 2.05) is 0 Å². The highest BCUT2D eigenvalue weighted by atomic mass is 16.6. The zero-order valence-corrected chi connectivity index (χ0v) is 8.58. The van der Waals surface area contributed by atoms with Gasteiger partial charge in [-0.3, -0.25) is 10.1 Å². The zero-order chi connectivity index (χ0) is 11.5. The van der Waals surface area contributed by atoms with E-state index in [1.165, 1.54) is 12.1 Å². The lowest BCUT2D eigenvalue weighted by atomic mass is 10.1. The summed E-state index contributed by atoms with van der Waals surface area (Å²) in [5.74, 6) is 1.01. The van der Waals surface area contributed by atoms with Crippen LogP contribution in [0.4, 0.5) is 5.69 Å². The number of rotatable bonds is 3. The van der Waals surface area contributed by atoms with E-state index in [9.17, 15) is 10.1 Å². The van der Waals surface area contributed by atoms with E-state index in [0.717, 1.165) is 5.56 Å². The SMILES string of the molecule is Cc1noc(Cc2cccc([N+](=O)[O-])c2)n1. The summed E-state index contributed by atoms with van der Waals surface area (Å²) >= 11 is 0. The first-order chi connectivity index (χ1) is 7.65. The van der Waals surface area contributed by atoms with Crippen molar-refractivity contribution < 1.29 is 9.45 Å². The minimum absolute atomic E-state index is 0.0636. The summed E-state index contributed by atoms with van der Waals surface area (Å²) in [7, 11) is 0. The number of aryl methyl sites for hydroxylation is 1. The highest BCUT2D eigenvalue weighted by Crippen LogP contribution is 2.15. The predicted molar refractivity (Wildman–Crippen MR) is 54.9 cm³/mol. The molecule has 0 saturated carbocycles. The van der Waals surface area contributed by atoms with Crippen molar-refractivity contribution in [2.75, 3.05) is 0 Å². The molecule has 0 saturated heterocycles. The van der Waals surface area contributed by atoms with E-state index in [-0.39, 0.29) is 5.69 Å². The van der Waals surface area contributed by atoms with Crippen LogP contribution in [0.3, 0.4) is 0 Å². The Morgan fingerprint density at radius 1 is 1.50 bits per heavy atom. The van der Waals surface area contributed by atoms with Crippen LogP contribution in [0.1, 0.15) is 17.3 Å². The van der Waals surface area contributed by atoms with Crippen LogP contribution in [0, 0.1) is 17.0 Å². The first kappa shape index (κ1) is 10.3. The highest BCUT2D eigenvalue weighted by Gasteiger charge is 2.08. The molecule has 82 valence electrons. The topological polar surface area (TPSA) is 82.1 Å². The Bertz CT molecular complexity index is 522. The molecule has 0 fully saturated rings. The summed E-state index contributed by atoms with van der Waals surface area (Å²) in [6.45, 7) is 1.72. The quantitative estimate of drug-likeness (QED) is 0.581. The molecule has 1 aromatic carbocycles. The second-order valence-electron chi connectivity index (χ2n) is 3.34. The second kappa shape index (κ2) is 4.09. The van der Waals surface area contributed by atoms with Gasteiger partial charge in [0, 0.05) is 12.1 Å². The minimum Gasteiger partial charge on any atom is -0.339 e. The average molecular weight is 219 g/mol. The number of aromatic nitrogens is 2. The Balaban J connectivity index is 2.21. The van der Waals surface area contributed by atoms with Gasteiger partial charge in [-0.15, -0.1) is 0 Å². The van der Waals surface area contributed by atoms with Crippen molar-refractivity contribution in [2.24, 2.45) is 0 Å². The fraction of sp³-hybridized carbons (Fsp3) is 0.200. The third-order valence-corrected chi connectivity index (χ3v) is 2.05. The van der Waals surface area contributed by atoms with Crippen molar-refractivity contribution in [3.63, 3.8) is 0 Å². The lowest BCUT2D eigenvalue weighted by Gasteiger charge is -1.96. The van der Waals surface area contributed by atoms with Gasteiger partial charge in [0.25, 0.3) is 5.69 Å². The van der Waals surface area contributed by atoms with Gasteiger partial charge in [-0.25, -0.2) is 0 Å². The van der Waals surface area contributed by atoms with E-state index in [4.69, 9.17) is 4.52 Å². The van der Waals surface area contributed by atoms with Gasteiger partial charge in [0.15, 0.2) is 5.82 Å². The van der Waals surface area contributed by atoms with Crippen LogP contribution in [0.25, 0.3) is 0 Å². The third kappa shape index (κ3) is 2.22. The molecule has 0 bridgehead atoms. The van der Waals surface area contributed by atoms with Crippen LogP contribution in [0.5, 0.6) is 0 Å². The number of hydrogen-bond acceptors (Lipinski definition) is 5. The monoisotopic (exact) mass is 219 g/mol. The van der Waals surface area contributed by atoms with Gasteiger partial charge in [-0.2, -0.15) is 4.98 Å². The number of non-ortho nitro benzene ring substituents is 1. The molecule has 0 aliphatic rings. The summed E-state index contributed by atoms with van der Waals surface area (Å²) in [6.07, 6.45) is 0.405. The minimum atomic E-state index is -0.428. The maximum atomic E-state index is 10.6. The molecule has 2 rings (SSSR count). The molecule has 0 atom stereocenters. The summed E-state index contributed by atoms with van der Waals surface area (Å²) < 4.78 is 4.94. The average Bonchev–Trinajstić information content (AvgIpc) is 2.64. The van der Waals surface area contributed by atoms with E-state index in [0.29, 0.717) is 18.1 Å². The summed E-state index contributed by atoms with van der Waals surface area (Å²) in [5, 5.41) is 14.2. The summed E-state index contributed by atoms with van der Waals surface area (Å²) in [6, 6.07) is 6.37. The Kier molecular flexibility index (Phi) is 2.63. The molecule has 6 nitrogen and oxygen atoms in total. The Labute approximate surface area is 91.1 Å². The smallest absolute Gasteiger partial charge is 0.269 e. The van der Waals surface area contributed by atoms with Crippen molar-refractivity contribution in [2.45, 2.75) is 13.3 Å². The molecule has 0 unspecified atom stereocenters. The van der Waals surface area contributed by atoms with Crippen LogP contribution in [0.15, 0.2) is 28.8 Å². The van der Waals surface area contributed by atoms with Crippen molar-refractivity contribution in [3.8, 4) is 0 Å². The molecule has 0 aliphatic heterocycles. The Morgan fingerprint density at radius 2 is 2.31 bits per heavy atom. The number of hydrogen-bond donors (Lipinski definition) is 0. The van der Waals surface area contributed by atoms with E-state index in [1.54, 1.807) is 19.1 Å². The second-order valence-corrected chi connectivity index (χ2v) is 3.34. The Hall–Kier alpha value is -2.24. The zero-order valence-electron chi connectivity index (χ0n) is 8.58. The molecule has 0 aliphatic carbocycles. The molecule has 2 aromatic rings. The molecule has 0 radical (unpaired) electrons. The first-order valence-electron chi connectivity index (χ1n) is 4.67. The van der Waals surface area contributed by atoms with Gasteiger partial charge in [0.2, 0.25) is 5.89 Å². The van der Waals surface area contributed by atoms with Gasteiger partial charge in [-0.05, 0) is 12.5 Å². The fourth-order valence-electron chi connectivity index (χ4n) is 1.37. The van der Waals surface area contributed by atoms with Gasteiger partial charge in [0.1, 0.15) is 0 Å². The standard InChI is InChI=1S/C10H9N3O3/c1-7-11-10(16-12-7)6-8-3-2-4-9(5-8)13(14)15/h2-5H,6H2,1H3. The van der Waals surface area contributed by atoms with Gasteiger partial charge < -0.3 is 4.52 Å². The number of nitro benzene ring substituents is 1. The lowest BCUT2D eigenvalue weighted by molar-refractivity contribution is -0.384. The maximum Gasteiger partial charge on any atom is 0.269 e. The molecule has 1 aromatic heterocycles. The van der Waals surface area contributed by atoms with Crippen molar-refractivity contribution >= 4 is 5.69 Å². The molecular weight excluding hydrogens is 210 g/mol. The van der Waals surface area contributed by atoms with Crippen molar-refractivity contribution in [3.05, 3.63) is 51.7 Å². The summed E-state index contributed by atoms with van der Waals surface area (Å²) in [5.41, 5.74) is 0.839. The van der Waals surface area contributed by atoms with Crippen LogP contribution in [-0.4, -0.2) is 15.1 Å². The molecule has 0 amide bonds. The van der Waals surface area contributed by atoms with Crippen LogP contribution < -0.4 is 0 Å². The number of benzene rings is 1.